The third-order valence-electron chi connectivity index (χ3n) is 5.87. The molecule has 182 valence electrons. The summed E-state index contributed by atoms with van der Waals surface area (Å²) < 4.78 is 6.85. The molecule has 0 radical (unpaired) electrons. The number of nitrogens with zero attached hydrogens (tertiary/aromatic N) is 3. The summed E-state index contributed by atoms with van der Waals surface area (Å²) in [5.41, 5.74) is 4.65. The van der Waals surface area contributed by atoms with Gasteiger partial charge in [-0.15, -0.1) is 0 Å². The fraction of sp³-hybridized carbons (Fsp3) is 0.308. The molecule has 0 unspecified atom stereocenters. The minimum absolute atomic E-state index is 0.0744. The monoisotopic (exact) mass is 476 g/mol. The second kappa shape index (κ2) is 10.0. The maximum Gasteiger partial charge on any atom is 0.412 e. The van der Waals surface area contributed by atoms with Crippen LogP contribution in [0.2, 0.25) is 0 Å². The predicted octanol–water partition coefficient (Wildman–Crippen LogP) is 3.96. The third-order valence-corrected chi connectivity index (χ3v) is 5.87. The molecule has 2 N–H and O–H groups in total. The van der Waals surface area contributed by atoms with Gasteiger partial charge in [-0.1, -0.05) is 62.4 Å². The van der Waals surface area contributed by atoms with E-state index >= 15 is 0 Å². The number of aryl methyl sites for hydroxylation is 1. The summed E-state index contributed by atoms with van der Waals surface area (Å²) in [7, 11) is 1.56. The third kappa shape index (κ3) is 5.18. The minimum atomic E-state index is -1.10. The summed E-state index contributed by atoms with van der Waals surface area (Å²) in [5.74, 6) is -1.41. The quantitative estimate of drug-likeness (QED) is 0.509. The van der Waals surface area contributed by atoms with Crippen LogP contribution in [0, 0.1) is 5.92 Å². The predicted molar refractivity (Wildman–Crippen MR) is 130 cm³/mol. The molecule has 1 aliphatic carbocycles. The first kappa shape index (κ1) is 24.0. The Morgan fingerprint density at radius 2 is 1.69 bits per heavy atom. The van der Waals surface area contributed by atoms with Gasteiger partial charge in [0, 0.05) is 25.6 Å². The van der Waals surface area contributed by atoms with E-state index < -0.39 is 24.5 Å². The molecule has 35 heavy (non-hydrogen) atoms. The molecule has 0 saturated carbocycles. The number of aromatic nitrogens is 2. The van der Waals surface area contributed by atoms with E-state index in [4.69, 9.17) is 9.84 Å². The first-order chi connectivity index (χ1) is 16.7. The summed E-state index contributed by atoms with van der Waals surface area (Å²) in [6.45, 7) is 3.81. The average molecular weight is 477 g/mol. The van der Waals surface area contributed by atoms with Crippen LogP contribution in [0.1, 0.15) is 41.4 Å². The molecule has 4 rings (SSSR count). The smallest absolute Gasteiger partial charge is 0.412 e. The van der Waals surface area contributed by atoms with Gasteiger partial charge in [-0.3, -0.25) is 19.6 Å². The number of anilines is 1. The standard InChI is InChI=1S/C26H28N4O5/c1-16(2)13-30(14-24(31)32)25(33)22-12-23(28-29(22)3)27-26(34)35-15-21-19-10-6-4-8-17(19)18-9-5-7-11-20(18)21/h4-12,16,21H,13-15H2,1-3H3,(H,31,32)(H,27,28,34). The molecule has 3 aromatic rings. The lowest BCUT2D eigenvalue weighted by Crippen LogP contribution is -2.39. The van der Waals surface area contributed by atoms with Crippen molar-refractivity contribution in [2.45, 2.75) is 19.8 Å². The topological polar surface area (TPSA) is 114 Å². The molecule has 2 amide bonds. The Morgan fingerprint density at radius 1 is 1.09 bits per heavy atom. The molecule has 2 aromatic carbocycles. The Morgan fingerprint density at radius 3 is 2.26 bits per heavy atom. The average Bonchev–Trinajstić information content (AvgIpc) is 3.33. The van der Waals surface area contributed by atoms with E-state index in [-0.39, 0.29) is 36.5 Å². The van der Waals surface area contributed by atoms with Gasteiger partial charge in [0.05, 0.1) is 0 Å². The molecule has 0 saturated heterocycles. The molecule has 0 fully saturated rings. The molecule has 9 heteroatoms. The van der Waals surface area contributed by atoms with Crippen LogP contribution in [-0.2, 0) is 16.6 Å². The van der Waals surface area contributed by atoms with Crippen molar-refractivity contribution in [2.24, 2.45) is 13.0 Å². The number of carbonyl (C=O) groups is 3. The molecule has 1 aromatic heterocycles. The number of carbonyl (C=O) groups excluding carboxylic acids is 2. The Hall–Kier alpha value is -4.14. The van der Waals surface area contributed by atoms with Gasteiger partial charge in [-0.2, -0.15) is 5.10 Å². The number of carboxylic acid groups (broad SMARTS) is 1. The number of hydrogen-bond donors (Lipinski definition) is 2. The van der Waals surface area contributed by atoms with E-state index in [0.29, 0.717) is 0 Å². The Labute approximate surface area is 203 Å². The van der Waals surface area contributed by atoms with Gasteiger partial charge >= 0.3 is 12.1 Å². The summed E-state index contributed by atoms with van der Waals surface area (Å²) in [6, 6.07) is 17.5. The number of fused-ring (bicyclic) bond motifs is 3. The first-order valence-electron chi connectivity index (χ1n) is 11.4. The molecule has 0 aliphatic heterocycles. The zero-order chi connectivity index (χ0) is 25.1. The van der Waals surface area contributed by atoms with Gasteiger partial charge in [0.15, 0.2) is 5.82 Å². The number of aliphatic carboxylic acids is 1. The maximum atomic E-state index is 12.9. The van der Waals surface area contributed by atoms with Gasteiger partial charge in [-0.25, -0.2) is 4.79 Å². The normalized spacial score (nSPS) is 12.2. The number of carboxylic acids is 1. The van der Waals surface area contributed by atoms with Crippen LogP contribution in [-0.4, -0.2) is 57.5 Å². The number of hydrogen-bond acceptors (Lipinski definition) is 5. The highest BCUT2D eigenvalue weighted by Gasteiger charge is 2.29. The Balaban J connectivity index is 1.43. The summed E-state index contributed by atoms with van der Waals surface area (Å²) in [5, 5.41) is 15.9. The first-order valence-corrected chi connectivity index (χ1v) is 11.4. The molecule has 1 aliphatic rings. The lowest BCUT2D eigenvalue weighted by atomic mass is 9.98. The second-order valence-electron chi connectivity index (χ2n) is 8.96. The number of ether oxygens (including phenoxy) is 1. The van der Waals surface area contributed by atoms with Crippen molar-refractivity contribution < 1.29 is 24.2 Å². The SMILES string of the molecule is CC(C)CN(CC(=O)O)C(=O)c1cc(NC(=O)OCC2c3ccccc3-c3ccccc32)nn1C. The van der Waals surface area contributed by atoms with Crippen molar-refractivity contribution in [1.29, 1.82) is 0 Å². The maximum absolute atomic E-state index is 12.9. The zero-order valence-electron chi connectivity index (χ0n) is 19.9. The van der Waals surface area contributed by atoms with Crippen molar-refractivity contribution in [1.82, 2.24) is 14.7 Å². The highest BCUT2D eigenvalue weighted by atomic mass is 16.5. The Kier molecular flexibility index (Phi) is 6.86. The number of rotatable bonds is 8. The molecular formula is C26H28N4O5. The van der Waals surface area contributed by atoms with Crippen LogP contribution in [0.3, 0.4) is 0 Å². The van der Waals surface area contributed by atoms with E-state index in [1.165, 1.54) is 15.6 Å². The van der Waals surface area contributed by atoms with Gasteiger partial charge in [0.1, 0.15) is 18.8 Å². The van der Waals surface area contributed by atoms with E-state index in [0.717, 1.165) is 22.3 Å². The number of benzene rings is 2. The summed E-state index contributed by atoms with van der Waals surface area (Å²) >= 11 is 0. The summed E-state index contributed by atoms with van der Waals surface area (Å²) in [6.07, 6.45) is -0.687. The van der Waals surface area contributed by atoms with Crippen molar-refractivity contribution >= 4 is 23.8 Å². The molecular weight excluding hydrogens is 448 g/mol. The Bertz CT molecular complexity index is 1220. The van der Waals surface area contributed by atoms with Gasteiger partial charge in [0.25, 0.3) is 5.91 Å². The van der Waals surface area contributed by atoms with Crippen LogP contribution in [0.5, 0.6) is 0 Å². The molecule has 0 bridgehead atoms. The lowest BCUT2D eigenvalue weighted by molar-refractivity contribution is -0.137. The van der Waals surface area contributed by atoms with Crippen molar-refractivity contribution in [3.63, 3.8) is 0 Å². The van der Waals surface area contributed by atoms with E-state index in [9.17, 15) is 14.4 Å². The van der Waals surface area contributed by atoms with E-state index in [2.05, 4.69) is 22.5 Å². The highest BCUT2D eigenvalue weighted by Crippen LogP contribution is 2.44. The largest absolute Gasteiger partial charge is 0.480 e. The lowest BCUT2D eigenvalue weighted by Gasteiger charge is -2.22. The van der Waals surface area contributed by atoms with Crippen LogP contribution in [0.25, 0.3) is 11.1 Å². The van der Waals surface area contributed by atoms with Crippen LogP contribution >= 0.6 is 0 Å². The number of amides is 2. The van der Waals surface area contributed by atoms with Crippen molar-refractivity contribution in [3.05, 3.63) is 71.4 Å². The minimum Gasteiger partial charge on any atom is -0.480 e. The molecule has 9 nitrogen and oxygen atoms in total. The highest BCUT2D eigenvalue weighted by molar-refractivity contribution is 5.96. The van der Waals surface area contributed by atoms with Crippen LogP contribution < -0.4 is 5.32 Å². The van der Waals surface area contributed by atoms with Gasteiger partial charge in [0.2, 0.25) is 0 Å². The summed E-state index contributed by atoms with van der Waals surface area (Å²) in [4.78, 5) is 37.9. The fourth-order valence-corrected chi connectivity index (χ4v) is 4.45. The van der Waals surface area contributed by atoms with E-state index in [1.807, 2.05) is 50.2 Å². The second-order valence-corrected chi connectivity index (χ2v) is 8.96. The molecule has 0 spiro atoms. The fourth-order valence-electron chi connectivity index (χ4n) is 4.45. The van der Waals surface area contributed by atoms with Crippen molar-refractivity contribution in [2.75, 3.05) is 25.0 Å². The van der Waals surface area contributed by atoms with Crippen molar-refractivity contribution in [3.8, 4) is 11.1 Å². The van der Waals surface area contributed by atoms with Gasteiger partial charge in [-0.05, 0) is 28.2 Å². The van der Waals surface area contributed by atoms with Crippen LogP contribution in [0.15, 0.2) is 54.6 Å². The number of nitrogens with one attached hydrogen (secondary N) is 1. The zero-order valence-corrected chi connectivity index (χ0v) is 19.9. The molecule has 1 heterocycles. The van der Waals surface area contributed by atoms with Gasteiger partial charge < -0.3 is 14.7 Å². The van der Waals surface area contributed by atoms with E-state index in [1.54, 1.807) is 7.05 Å². The molecule has 0 atom stereocenters. The van der Waals surface area contributed by atoms with Crippen LogP contribution in [0.4, 0.5) is 10.6 Å².